The number of hydrogen-bond acceptors (Lipinski definition) is 5. The van der Waals surface area contributed by atoms with Crippen LogP contribution in [-0.2, 0) is 6.42 Å². The molecule has 5 aromatic rings. The van der Waals surface area contributed by atoms with Crippen LogP contribution in [0.3, 0.4) is 0 Å². The standard InChI is InChI=1S/C27H23ClFN7O/c28-19-5-7-21(8-6-19)36-14-18(13-31-36)17-9-15(10-20(29)12-17)11-22-32-23(25(30)37)24-27(33-22)35-26(34-24)16-3-1-2-4-16/h5-10,12-14,16H,1-4,11H2,(H2,30,37)(H,32,33,34,35). The number of aromatic amines is 1. The second-order valence-corrected chi connectivity index (χ2v) is 9.77. The number of hydrogen-bond donors (Lipinski definition) is 2. The Morgan fingerprint density at radius 1 is 1.08 bits per heavy atom. The predicted molar refractivity (Wildman–Crippen MR) is 138 cm³/mol. The first-order valence-electron chi connectivity index (χ1n) is 12.1. The van der Waals surface area contributed by atoms with Gasteiger partial charge in [-0.05, 0) is 60.4 Å². The highest BCUT2D eigenvalue weighted by atomic mass is 35.5. The summed E-state index contributed by atoms with van der Waals surface area (Å²) in [6, 6.07) is 12.0. The molecule has 0 bridgehead atoms. The van der Waals surface area contributed by atoms with Gasteiger partial charge in [-0.2, -0.15) is 5.10 Å². The topological polar surface area (TPSA) is 115 Å². The van der Waals surface area contributed by atoms with Gasteiger partial charge in [-0.15, -0.1) is 0 Å². The molecule has 1 aliphatic rings. The number of fused-ring (bicyclic) bond motifs is 1. The summed E-state index contributed by atoms with van der Waals surface area (Å²) >= 11 is 5.98. The van der Waals surface area contributed by atoms with Gasteiger partial charge in [0.1, 0.15) is 23.0 Å². The predicted octanol–water partition coefficient (Wildman–Crippen LogP) is 5.35. The lowest BCUT2D eigenvalue weighted by atomic mass is 10.0. The molecule has 10 heteroatoms. The van der Waals surface area contributed by atoms with Crippen molar-refractivity contribution in [2.24, 2.45) is 5.73 Å². The number of carbonyl (C=O) groups excluding carboxylic acids is 1. The van der Waals surface area contributed by atoms with Crippen LogP contribution in [-0.4, -0.2) is 35.6 Å². The molecule has 1 saturated carbocycles. The van der Waals surface area contributed by atoms with Crippen molar-refractivity contribution in [1.29, 1.82) is 0 Å². The van der Waals surface area contributed by atoms with Gasteiger partial charge >= 0.3 is 0 Å². The fourth-order valence-electron chi connectivity index (χ4n) is 4.92. The molecule has 8 nitrogen and oxygen atoms in total. The molecule has 1 aliphatic carbocycles. The van der Waals surface area contributed by atoms with Gasteiger partial charge in [0.2, 0.25) is 0 Å². The molecule has 186 valence electrons. The van der Waals surface area contributed by atoms with Crippen molar-refractivity contribution in [3.63, 3.8) is 0 Å². The largest absolute Gasteiger partial charge is 0.364 e. The fourth-order valence-corrected chi connectivity index (χ4v) is 5.04. The van der Waals surface area contributed by atoms with Gasteiger partial charge in [-0.1, -0.05) is 30.5 Å². The first kappa shape index (κ1) is 23.3. The van der Waals surface area contributed by atoms with Crippen LogP contribution in [0.4, 0.5) is 4.39 Å². The number of nitrogens with zero attached hydrogens (tertiary/aromatic N) is 5. The zero-order valence-electron chi connectivity index (χ0n) is 19.8. The number of aromatic nitrogens is 6. The number of halogens is 2. The number of H-pyrrole nitrogens is 1. The van der Waals surface area contributed by atoms with E-state index in [2.05, 4.69) is 25.0 Å². The van der Waals surface area contributed by atoms with Gasteiger partial charge in [0.25, 0.3) is 5.91 Å². The maximum absolute atomic E-state index is 14.7. The van der Waals surface area contributed by atoms with Crippen molar-refractivity contribution < 1.29 is 9.18 Å². The van der Waals surface area contributed by atoms with Gasteiger partial charge in [0, 0.05) is 29.1 Å². The van der Waals surface area contributed by atoms with Gasteiger partial charge < -0.3 is 10.7 Å². The number of nitrogens with one attached hydrogen (secondary N) is 1. The van der Waals surface area contributed by atoms with E-state index in [1.54, 1.807) is 23.0 Å². The minimum Gasteiger partial charge on any atom is -0.364 e. The molecule has 0 unspecified atom stereocenters. The maximum atomic E-state index is 14.7. The van der Waals surface area contributed by atoms with Crippen molar-refractivity contribution in [3.05, 3.63) is 88.6 Å². The quantitative estimate of drug-likeness (QED) is 0.316. The minimum absolute atomic E-state index is 0.0950. The van der Waals surface area contributed by atoms with E-state index in [9.17, 15) is 9.18 Å². The van der Waals surface area contributed by atoms with Gasteiger partial charge in [0.15, 0.2) is 11.3 Å². The van der Waals surface area contributed by atoms with Crippen LogP contribution in [0.5, 0.6) is 0 Å². The number of carbonyl (C=O) groups is 1. The Kier molecular flexibility index (Phi) is 5.92. The number of benzene rings is 2. The van der Waals surface area contributed by atoms with Crippen LogP contribution in [0, 0.1) is 5.82 Å². The highest BCUT2D eigenvalue weighted by Crippen LogP contribution is 2.33. The molecule has 3 aromatic heterocycles. The maximum Gasteiger partial charge on any atom is 0.269 e. The fraction of sp³-hybridized carbons (Fsp3) is 0.222. The minimum atomic E-state index is -0.662. The average Bonchev–Trinajstić information content (AvgIpc) is 3.64. The van der Waals surface area contributed by atoms with Crippen LogP contribution in [0.15, 0.2) is 54.9 Å². The first-order valence-corrected chi connectivity index (χ1v) is 12.5. The van der Waals surface area contributed by atoms with E-state index in [1.807, 2.05) is 24.4 Å². The lowest BCUT2D eigenvalue weighted by Crippen LogP contribution is -2.16. The number of imidazole rings is 1. The number of amides is 1. The smallest absolute Gasteiger partial charge is 0.269 e. The second kappa shape index (κ2) is 9.40. The second-order valence-electron chi connectivity index (χ2n) is 9.33. The molecule has 2 aromatic carbocycles. The van der Waals surface area contributed by atoms with E-state index in [1.165, 1.54) is 12.1 Å². The molecule has 1 amide bonds. The molecule has 6 rings (SSSR count). The summed E-state index contributed by atoms with van der Waals surface area (Å²) in [5, 5.41) is 5.03. The Morgan fingerprint density at radius 2 is 1.86 bits per heavy atom. The highest BCUT2D eigenvalue weighted by Gasteiger charge is 2.23. The molecule has 37 heavy (non-hydrogen) atoms. The number of nitrogens with two attached hydrogens (primary N) is 1. The zero-order chi connectivity index (χ0) is 25.5. The monoisotopic (exact) mass is 515 g/mol. The van der Waals surface area contributed by atoms with Crippen molar-refractivity contribution in [3.8, 4) is 16.8 Å². The van der Waals surface area contributed by atoms with Crippen LogP contribution >= 0.6 is 11.6 Å². The molecule has 0 saturated heterocycles. The number of rotatable bonds is 6. The van der Waals surface area contributed by atoms with Gasteiger partial charge in [-0.3, -0.25) is 4.79 Å². The molecule has 0 aliphatic heterocycles. The van der Waals surface area contributed by atoms with E-state index in [4.69, 9.17) is 17.3 Å². The molecular weight excluding hydrogens is 493 g/mol. The van der Waals surface area contributed by atoms with Crippen LogP contribution < -0.4 is 5.73 Å². The summed E-state index contributed by atoms with van der Waals surface area (Å²) in [6.07, 6.45) is 8.11. The Bertz CT molecular complexity index is 1620. The average molecular weight is 516 g/mol. The first-order chi connectivity index (χ1) is 17.9. The van der Waals surface area contributed by atoms with Gasteiger partial charge in [0.05, 0.1) is 11.9 Å². The molecule has 0 radical (unpaired) electrons. The zero-order valence-corrected chi connectivity index (χ0v) is 20.5. The van der Waals surface area contributed by atoms with Gasteiger partial charge in [-0.25, -0.2) is 24.0 Å². The summed E-state index contributed by atoms with van der Waals surface area (Å²) in [6.45, 7) is 0. The van der Waals surface area contributed by atoms with Crippen molar-refractivity contribution in [2.45, 2.75) is 38.0 Å². The highest BCUT2D eigenvalue weighted by molar-refractivity contribution is 6.30. The molecule has 1 fully saturated rings. The van der Waals surface area contributed by atoms with E-state index in [-0.39, 0.29) is 12.1 Å². The van der Waals surface area contributed by atoms with E-state index in [0.29, 0.717) is 39.1 Å². The summed E-state index contributed by atoms with van der Waals surface area (Å²) in [5.74, 6) is 0.417. The lowest BCUT2D eigenvalue weighted by molar-refractivity contribution is 0.0996. The van der Waals surface area contributed by atoms with Crippen molar-refractivity contribution in [1.82, 2.24) is 29.7 Å². The summed E-state index contributed by atoms with van der Waals surface area (Å²) in [5.41, 5.74) is 9.48. The molecule has 0 atom stereocenters. The molecule has 3 N–H and O–H groups in total. The Balaban J connectivity index is 1.32. The van der Waals surface area contributed by atoms with Crippen molar-refractivity contribution >= 4 is 28.7 Å². The molecule has 3 heterocycles. The third kappa shape index (κ3) is 4.70. The van der Waals surface area contributed by atoms with Crippen LogP contribution in [0.2, 0.25) is 5.02 Å². The van der Waals surface area contributed by atoms with Crippen LogP contribution in [0.1, 0.15) is 59.3 Å². The molecule has 0 spiro atoms. The summed E-state index contributed by atoms with van der Waals surface area (Å²) in [7, 11) is 0. The number of primary amides is 1. The van der Waals surface area contributed by atoms with E-state index >= 15 is 0 Å². The Labute approximate surface area is 216 Å². The Hall–Kier alpha value is -4.11. The summed E-state index contributed by atoms with van der Waals surface area (Å²) < 4.78 is 16.4. The third-order valence-electron chi connectivity index (χ3n) is 6.72. The van der Waals surface area contributed by atoms with Crippen LogP contribution in [0.25, 0.3) is 28.0 Å². The lowest BCUT2D eigenvalue weighted by Gasteiger charge is -2.06. The van der Waals surface area contributed by atoms with Crippen molar-refractivity contribution in [2.75, 3.05) is 0 Å². The van der Waals surface area contributed by atoms with E-state index in [0.717, 1.165) is 42.8 Å². The normalized spacial score (nSPS) is 14.0. The van der Waals surface area contributed by atoms with E-state index < -0.39 is 11.7 Å². The SMILES string of the molecule is NC(=O)c1nc(Cc2cc(F)cc(-c3cnn(-c4ccc(Cl)cc4)c3)c2)nc2nc(C3CCCC3)[nH]c12. The molecular formula is C27H23ClFN7O. The Morgan fingerprint density at radius 3 is 2.62 bits per heavy atom. The summed E-state index contributed by atoms with van der Waals surface area (Å²) in [4.78, 5) is 29.1. The third-order valence-corrected chi connectivity index (χ3v) is 6.97.